The Hall–Kier alpha value is -1.43. The Balaban J connectivity index is 1.56. The van der Waals surface area contributed by atoms with Crippen molar-refractivity contribution in [3.05, 3.63) is 10.6 Å². The van der Waals surface area contributed by atoms with Gasteiger partial charge in [0, 0.05) is 46.7 Å². The molecule has 0 radical (unpaired) electrons. The lowest BCUT2D eigenvalue weighted by Gasteiger charge is -2.46. The molecule has 6 N–H and O–H groups in total. The summed E-state index contributed by atoms with van der Waals surface area (Å²) in [6.07, 6.45) is 0.117. The van der Waals surface area contributed by atoms with Crippen LogP contribution >= 0.6 is 23.5 Å². The van der Waals surface area contributed by atoms with E-state index in [1.807, 2.05) is 6.92 Å². The highest BCUT2D eigenvalue weighted by Gasteiger charge is 2.60. The summed E-state index contributed by atoms with van der Waals surface area (Å²) in [7, 11) is 0. The third-order valence-corrected chi connectivity index (χ3v) is 8.29. The van der Waals surface area contributed by atoms with Gasteiger partial charge < -0.3 is 31.5 Å². The maximum Gasteiger partial charge on any atom is 0.353 e. The molecule has 0 aromatic carbocycles. The van der Waals surface area contributed by atoms with Crippen LogP contribution in [0.3, 0.4) is 0 Å². The molecule has 3 aliphatic rings. The average molecular weight is 445 g/mol. The van der Waals surface area contributed by atoms with Gasteiger partial charge in [0.25, 0.3) is 0 Å². The molecule has 0 aromatic heterocycles. The van der Waals surface area contributed by atoms with Crippen LogP contribution < -0.4 is 16.4 Å². The van der Waals surface area contributed by atoms with E-state index in [1.54, 1.807) is 30.4 Å². The smallest absolute Gasteiger partial charge is 0.353 e. The van der Waals surface area contributed by atoms with Crippen molar-refractivity contribution in [2.75, 3.05) is 24.6 Å². The Kier molecular flexibility index (Phi) is 7.02. The Morgan fingerprint density at radius 1 is 1.45 bits per heavy atom. The Labute approximate surface area is 178 Å². The topological polar surface area (TPSA) is 145 Å². The van der Waals surface area contributed by atoms with Crippen molar-refractivity contribution >= 4 is 41.4 Å². The second-order valence-electron chi connectivity index (χ2n) is 7.72. The standard InChI is InChI=1S/C18H28N4O5S2/c1-8-13-12(9(2)23)16(24)22(13)14(17(25)26)15(8)29-11-5-10(21-6-11)7-28-4-3-20-18(19)27/h8-13,21,23H,3-7H2,1-2H3,(H,25,26)(H3,19,20,27)/t8-,9-,10+,11+,12-,13-/m1/s1. The number of β-lactam (4-membered cyclic amide) rings is 1. The van der Waals surface area contributed by atoms with Crippen LogP contribution in [-0.2, 0) is 9.59 Å². The fourth-order valence-electron chi connectivity index (χ4n) is 4.33. The molecule has 0 unspecified atom stereocenters. The van der Waals surface area contributed by atoms with Gasteiger partial charge in [-0.25, -0.2) is 9.59 Å². The van der Waals surface area contributed by atoms with E-state index in [4.69, 9.17) is 5.73 Å². The summed E-state index contributed by atoms with van der Waals surface area (Å²) in [6, 6.07) is -0.467. The molecule has 162 valence electrons. The Morgan fingerprint density at radius 3 is 2.79 bits per heavy atom. The predicted octanol–water partition coefficient (Wildman–Crippen LogP) is 0.00530. The molecule has 6 atom stereocenters. The lowest BCUT2D eigenvalue weighted by atomic mass is 9.79. The van der Waals surface area contributed by atoms with Crippen LogP contribution in [0.1, 0.15) is 20.3 Å². The summed E-state index contributed by atoms with van der Waals surface area (Å²) >= 11 is 3.28. The number of aliphatic hydroxyl groups is 1. The van der Waals surface area contributed by atoms with Crippen molar-refractivity contribution in [1.82, 2.24) is 15.5 Å². The zero-order valence-corrected chi connectivity index (χ0v) is 18.1. The molecule has 2 fully saturated rings. The molecule has 29 heavy (non-hydrogen) atoms. The average Bonchev–Trinajstić information content (AvgIpc) is 3.16. The number of fused-ring (bicyclic) bond motifs is 1. The fraction of sp³-hybridized carbons (Fsp3) is 0.722. The molecular formula is C18H28N4O5S2. The lowest BCUT2D eigenvalue weighted by molar-refractivity contribution is -0.163. The Bertz CT molecular complexity index is 716. The number of hydrogen-bond acceptors (Lipinski definition) is 7. The van der Waals surface area contributed by atoms with E-state index in [1.165, 1.54) is 4.90 Å². The first-order chi connectivity index (χ1) is 13.7. The van der Waals surface area contributed by atoms with Crippen LogP contribution in [0.4, 0.5) is 4.79 Å². The maximum atomic E-state index is 12.4. The number of carbonyl (C=O) groups is 3. The van der Waals surface area contributed by atoms with Gasteiger partial charge in [0.15, 0.2) is 0 Å². The largest absolute Gasteiger partial charge is 0.477 e. The van der Waals surface area contributed by atoms with Crippen molar-refractivity contribution in [3.63, 3.8) is 0 Å². The highest BCUT2D eigenvalue weighted by atomic mass is 32.2. The van der Waals surface area contributed by atoms with Crippen LogP contribution in [0.25, 0.3) is 0 Å². The quantitative estimate of drug-likeness (QED) is 0.247. The number of aliphatic carboxylic acids is 1. The second-order valence-corrected chi connectivity index (χ2v) is 10.2. The number of primary amides is 1. The summed E-state index contributed by atoms with van der Waals surface area (Å²) in [6.45, 7) is 4.84. The molecule has 11 heteroatoms. The van der Waals surface area contributed by atoms with Crippen molar-refractivity contribution in [3.8, 4) is 0 Å². The van der Waals surface area contributed by atoms with E-state index in [2.05, 4.69) is 10.6 Å². The lowest BCUT2D eigenvalue weighted by Crippen LogP contribution is -2.63. The number of carboxylic acid groups (broad SMARTS) is 1. The van der Waals surface area contributed by atoms with Gasteiger partial charge in [-0.05, 0) is 13.3 Å². The normalized spacial score (nSPS) is 32.2. The van der Waals surface area contributed by atoms with Crippen LogP contribution in [0, 0.1) is 11.8 Å². The van der Waals surface area contributed by atoms with E-state index < -0.39 is 24.0 Å². The van der Waals surface area contributed by atoms with E-state index >= 15 is 0 Å². The SMILES string of the molecule is C[C@@H](O)[C@H]1C(=O)N2C(C(=O)O)=C(S[C@@H]3CN[C@H](CSCCNC(N)=O)C3)[C@H](C)[C@H]12. The third-order valence-electron chi connectivity index (χ3n) is 5.65. The van der Waals surface area contributed by atoms with E-state index in [9.17, 15) is 24.6 Å². The van der Waals surface area contributed by atoms with Gasteiger partial charge in [-0.1, -0.05) is 6.92 Å². The first kappa shape index (κ1) is 22.3. The number of carboxylic acids is 1. The van der Waals surface area contributed by atoms with E-state index in [0.29, 0.717) is 12.6 Å². The van der Waals surface area contributed by atoms with Crippen LogP contribution in [0.5, 0.6) is 0 Å². The first-order valence-electron chi connectivity index (χ1n) is 9.72. The number of hydrogen-bond donors (Lipinski definition) is 5. The summed E-state index contributed by atoms with van der Waals surface area (Å²) in [5, 5.41) is 25.9. The summed E-state index contributed by atoms with van der Waals surface area (Å²) in [5.41, 5.74) is 5.12. The van der Waals surface area contributed by atoms with E-state index in [0.717, 1.165) is 29.4 Å². The number of rotatable bonds is 9. The minimum atomic E-state index is -1.08. The number of carbonyl (C=O) groups excluding carboxylic acids is 2. The van der Waals surface area contributed by atoms with Gasteiger partial charge in [-0.3, -0.25) is 4.79 Å². The third kappa shape index (κ3) is 4.52. The maximum absolute atomic E-state index is 12.4. The highest BCUT2D eigenvalue weighted by Crippen LogP contribution is 2.51. The van der Waals surface area contributed by atoms with Gasteiger partial charge in [-0.15, -0.1) is 11.8 Å². The van der Waals surface area contributed by atoms with Gasteiger partial charge in [0.2, 0.25) is 5.91 Å². The minimum absolute atomic E-state index is 0.0877. The first-order valence-corrected chi connectivity index (χ1v) is 11.8. The molecule has 2 saturated heterocycles. The molecule has 3 amide bonds. The number of thioether (sulfide) groups is 2. The van der Waals surface area contributed by atoms with Gasteiger partial charge in [0.1, 0.15) is 5.70 Å². The van der Waals surface area contributed by atoms with Gasteiger partial charge >= 0.3 is 12.0 Å². The highest BCUT2D eigenvalue weighted by molar-refractivity contribution is 8.03. The second kappa shape index (κ2) is 9.15. The van der Waals surface area contributed by atoms with Crippen LogP contribution in [-0.4, -0.2) is 81.1 Å². The van der Waals surface area contributed by atoms with E-state index in [-0.39, 0.29) is 28.8 Å². The number of urea groups is 1. The zero-order chi connectivity index (χ0) is 21.3. The van der Waals surface area contributed by atoms with Crippen molar-refractivity contribution < 1.29 is 24.6 Å². The molecule has 3 aliphatic heterocycles. The molecule has 0 saturated carbocycles. The Morgan fingerprint density at radius 2 is 2.17 bits per heavy atom. The summed E-state index contributed by atoms with van der Waals surface area (Å²) in [5.74, 6) is -0.333. The number of nitrogens with zero attached hydrogens (tertiary/aromatic N) is 1. The minimum Gasteiger partial charge on any atom is -0.477 e. The number of aliphatic hydroxyl groups excluding tert-OH is 1. The van der Waals surface area contributed by atoms with Crippen LogP contribution in [0.15, 0.2) is 10.6 Å². The molecular weight excluding hydrogens is 416 g/mol. The summed E-state index contributed by atoms with van der Waals surface area (Å²) in [4.78, 5) is 37.0. The van der Waals surface area contributed by atoms with Crippen molar-refractivity contribution in [2.45, 2.75) is 43.7 Å². The zero-order valence-electron chi connectivity index (χ0n) is 16.5. The van der Waals surface area contributed by atoms with Gasteiger partial charge in [0.05, 0.1) is 18.1 Å². The predicted molar refractivity (Wildman–Crippen MR) is 112 cm³/mol. The molecule has 0 bridgehead atoms. The van der Waals surface area contributed by atoms with Crippen molar-refractivity contribution in [1.29, 1.82) is 0 Å². The monoisotopic (exact) mass is 444 g/mol. The molecule has 3 heterocycles. The summed E-state index contributed by atoms with van der Waals surface area (Å²) < 4.78 is 0. The molecule has 0 aromatic rings. The molecule has 9 nitrogen and oxygen atoms in total. The fourth-order valence-corrected chi connectivity index (χ4v) is 6.80. The number of nitrogens with one attached hydrogen (secondary N) is 2. The molecule has 0 aliphatic carbocycles. The van der Waals surface area contributed by atoms with Gasteiger partial charge in [-0.2, -0.15) is 11.8 Å². The molecule has 3 rings (SSSR count). The van der Waals surface area contributed by atoms with Crippen LogP contribution in [0.2, 0.25) is 0 Å². The van der Waals surface area contributed by atoms with Crippen molar-refractivity contribution in [2.24, 2.45) is 17.6 Å². The number of amides is 3. The molecule has 0 spiro atoms. The number of nitrogens with two attached hydrogens (primary N) is 1.